The maximum Gasteiger partial charge on any atom is 0.215 e. The zero-order valence-corrected chi connectivity index (χ0v) is 13.6. The van der Waals surface area contributed by atoms with Gasteiger partial charge in [0.25, 0.3) is 0 Å². The third kappa shape index (κ3) is 4.60. The molecule has 0 aromatic heterocycles. The summed E-state index contributed by atoms with van der Waals surface area (Å²) in [5, 5.41) is 9.33. The van der Waals surface area contributed by atoms with Gasteiger partial charge in [-0.25, -0.2) is 8.42 Å². The molecule has 0 spiro atoms. The van der Waals surface area contributed by atoms with E-state index in [2.05, 4.69) is 0 Å². The molecule has 5 nitrogen and oxygen atoms in total. The fraction of sp³-hybridized carbons (Fsp3) is 0.571. The molecule has 1 fully saturated rings. The Balaban J connectivity index is 1.90. The third-order valence-electron chi connectivity index (χ3n) is 3.63. The summed E-state index contributed by atoms with van der Waals surface area (Å²) in [5.41, 5.74) is 6.32. The highest BCUT2D eigenvalue weighted by molar-refractivity contribution is 8.00. The number of anilines is 1. The molecule has 0 bridgehead atoms. The van der Waals surface area contributed by atoms with Crippen molar-refractivity contribution >= 4 is 27.5 Å². The van der Waals surface area contributed by atoms with Crippen LogP contribution in [0.2, 0.25) is 0 Å². The quantitative estimate of drug-likeness (QED) is 0.610. The van der Waals surface area contributed by atoms with Crippen LogP contribution >= 0.6 is 11.8 Å². The van der Waals surface area contributed by atoms with Gasteiger partial charge in [-0.2, -0.15) is 4.31 Å². The molecular weight excluding hydrogens is 308 g/mol. The van der Waals surface area contributed by atoms with E-state index in [0.717, 1.165) is 24.2 Å². The Labute approximate surface area is 130 Å². The number of aliphatic hydroxyl groups excluding tert-OH is 1. The average Bonchev–Trinajstić information content (AvgIpc) is 2.49. The molecule has 1 heterocycles. The fourth-order valence-corrected chi connectivity index (χ4v) is 5.48. The number of rotatable bonds is 6. The smallest absolute Gasteiger partial charge is 0.215 e. The van der Waals surface area contributed by atoms with Gasteiger partial charge >= 0.3 is 0 Å². The standard InChI is InChI=1S/C14H22N2O3S2/c15-12-4-6-14(7-5-12)20-9-10-21(18,19)16-8-2-1-3-13(16)11-17/h4-7,13,17H,1-3,8-11,15H2. The largest absolute Gasteiger partial charge is 0.399 e. The molecule has 1 aliphatic heterocycles. The van der Waals surface area contributed by atoms with Crippen LogP contribution < -0.4 is 5.73 Å². The molecule has 21 heavy (non-hydrogen) atoms. The van der Waals surface area contributed by atoms with E-state index < -0.39 is 10.0 Å². The van der Waals surface area contributed by atoms with E-state index in [4.69, 9.17) is 5.73 Å². The lowest BCUT2D eigenvalue weighted by Gasteiger charge is -2.33. The monoisotopic (exact) mass is 330 g/mol. The van der Waals surface area contributed by atoms with Crippen LogP contribution in [0.4, 0.5) is 5.69 Å². The number of benzene rings is 1. The molecule has 7 heteroatoms. The molecule has 1 aromatic rings. The molecule has 118 valence electrons. The zero-order chi connectivity index (χ0) is 15.3. The number of thioether (sulfide) groups is 1. The fourth-order valence-electron chi connectivity index (χ4n) is 2.47. The van der Waals surface area contributed by atoms with Crippen LogP contribution in [0.3, 0.4) is 0 Å². The molecule has 3 N–H and O–H groups in total. The van der Waals surface area contributed by atoms with Crippen molar-refractivity contribution in [3.8, 4) is 0 Å². The first-order valence-electron chi connectivity index (χ1n) is 7.11. The predicted molar refractivity (Wildman–Crippen MR) is 86.8 cm³/mol. The van der Waals surface area contributed by atoms with Gasteiger partial charge in [0.15, 0.2) is 0 Å². The van der Waals surface area contributed by atoms with E-state index in [1.165, 1.54) is 16.1 Å². The first-order valence-corrected chi connectivity index (χ1v) is 9.71. The van der Waals surface area contributed by atoms with Gasteiger partial charge in [0.1, 0.15) is 0 Å². The minimum Gasteiger partial charge on any atom is -0.399 e. The molecule has 0 aliphatic carbocycles. The Bertz CT molecular complexity index is 546. The van der Waals surface area contributed by atoms with Crippen LogP contribution in [0.1, 0.15) is 19.3 Å². The maximum atomic E-state index is 12.4. The Morgan fingerprint density at radius 3 is 2.67 bits per heavy atom. The Morgan fingerprint density at radius 2 is 2.00 bits per heavy atom. The van der Waals surface area contributed by atoms with E-state index in [1.54, 1.807) is 0 Å². The lowest BCUT2D eigenvalue weighted by atomic mass is 10.1. The SMILES string of the molecule is Nc1ccc(SCCS(=O)(=O)N2CCCCC2CO)cc1. The normalized spacial score (nSPS) is 20.5. The molecule has 1 atom stereocenters. The number of sulfonamides is 1. The van der Waals surface area contributed by atoms with Crippen LogP contribution in [0.25, 0.3) is 0 Å². The second-order valence-corrected chi connectivity index (χ2v) is 8.39. The number of hydrogen-bond acceptors (Lipinski definition) is 5. The van der Waals surface area contributed by atoms with Crippen molar-refractivity contribution in [1.82, 2.24) is 4.31 Å². The highest BCUT2D eigenvalue weighted by atomic mass is 32.2. The summed E-state index contributed by atoms with van der Waals surface area (Å²) >= 11 is 1.50. The summed E-state index contributed by atoms with van der Waals surface area (Å²) < 4.78 is 26.2. The van der Waals surface area contributed by atoms with Crippen LogP contribution in [0.15, 0.2) is 29.2 Å². The molecule has 1 aliphatic rings. The highest BCUT2D eigenvalue weighted by Crippen LogP contribution is 2.23. The second-order valence-electron chi connectivity index (χ2n) is 5.18. The predicted octanol–water partition coefficient (Wildman–Crippen LogP) is 1.54. The number of nitrogens with two attached hydrogens (primary N) is 1. The second kappa shape index (κ2) is 7.49. The third-order valence-corrected chi connectivity index (χ3v) is 6.82. The summed E-state index contributed by atoms with van der Waals surface area (Å²) in [7, 11) is -3.30. The summed E-state index contributed by atoms with van der Waals surface area (Å²) in [6, 6.07) is 7.16. The number of piperidine rings is 1. The Kier molecular flexibility index (Phi) is 5.92. The Hall–Kier alpha value is -0.760. The van der Waals surface area contributed by atoms with Crippen molar-refractivity contribution in [1.29, 1.82) is 0 Å². The average molecular weight is 330 g/mol. The molecule has 1 unspecified atom stereocenters. The minimum absolute atomic E-state index is 0.0929. The summed E-state index contributed by atoms with van der Waals surface area (Å²) in [6.07, 6.45) is 2.61. The van der Waals surface area contributed by atoms with Gasteiger partial charge in [0.2, 0.25) is 10.0 Å². The van der Waals surface area contributed by atoms with Gasteiger partial charge in [-0.05, 0) is 37.1 Å². The van der Waals surface area contributed by atoms with E-state index in [-0.39, 0.29) is 18.4 Å². The molecule has 1 aromatic carbocycles. The molecule has 0 saturated carbocycles. The van der Waals surface area contributed by atoms with Gasteiger partial charge in [-0.3, -0.25) is 0 Å². The van der Waals surface area contributed by atoms with E-state index >= 15 is 0 Å². The summed E-state index contributed by atoms with van der Waals surface area (Å²) in [5.74, 6) is 0.597. The van der Waals surface area contributed by atoms with E-state index in [0.29, 0.717) is 18.0 Å². The molecule has 0 amide bonds. The van der Waals surface area contributed by atoms with Gasteiger partial charge in [-0.15, -0.1) is 11.8 Å². The van der Waals surface area contributed by atoms with Gasteiger partial charge in [-0.1, -0.05) is 6.42 Å². The van der Waals surface area contributed by atoms with Crippen LogP contribution in [0.5, 0.6) is 0 Å². The van der Waals surface area contributed by atoms with Crippen molar-refractivity contribution in [2.75, 3.05) is 30.4 Å². The summed E-state index contributed by atoms with van der Waals surface area (Å²) in [6.45, 7) is 0.435. The molecular formula is C14H22N2O3S2. The van der Waals surface area contributed by atoms with Crippen molar-refractivity contribution < 1.29 is 13.5 Å². The number of hydrogen-bond donors (Lipinski definition) is 2. The minimum atomic E-state index is -3.30. The van der Waals surface area contributed by atoms with Crippen LogP contribution in [-0.4, -0.2) is 48.5 Å². The van der Waals surface area contributed by atoms with Crippen LogP contribution in [-0.2, 0) is 10.0 Å². The lowest BCUT2D eigenvalue weighted by molar-refractivity contribution is 0.155. The molecule has 2 rings (SSSR count). The summed E-state index contributed by atoms with van der Waals surface area (Å²) in [4.78, 5) is 1.01. The zero-order valence-electron chi connectivity index (χ0n) is 11.9. The van der Waals surface area contributed by atoms with Gasteiger partial charge in [0, 0.05) is 28.9 Å². The highest BCUT2D eigenvalue weighted by Gasteiger charge is 2.31. The van der Waals surface area contributed by atoms with Crippen molar-refractivity contribution in [3.05, 3.63) is 24.3 Å². The number of nitrogen functional groups attached to an aromatic ring is 1. The lowest BCUT2D eigenvalue weighted by Crippen LogP contribution is -2.46. The van der Waals surface area contributed by atoms with Crippen molar-refractivity contribution in [3.63, 3.8) is 0 Å². The van der Waals surface area contributed by atoms with Gasteiger partial charge in [0.05, 0.1) is 12.4 Å². The number of nitrogens with zero attached hydrogens (tertiary/aromatic N) is 1. The van der Waals surface area contributed by atoms with Crippen LogP contribution in [0, 0.1) is 0 Å². The first kappa shape index (κ1) is 16.6. The maximum absolute atomic E-state index is 12.4. The Morgan fingerprint density at radius 1 is 1.29 bits per heavy atom. The topological polar surface area (TPSA) is 83.6 Å². The van der Waals surface area contributed by atoms with Crippen molar-refractivity contribution in [2.24, 2.45) is 0 Å². The molecule has 0 radical (unpaired) electrons. The van der Waals surface area contributed by atoms with Gasteiger partial charge < -0.3 is 10.8 Å². The molecule has 1 saturated heterocycles. The van der Waals surface area contributed by atoms with E-state index in [9.17, 15) is 13.5 Å². The van der Waals surface area contributed by atoms with E-state index in [1.807, 2.05) is 24.3 Å². The first-order chi connectivity index (χ1) is 10.0. The van der Waals surface area contributed by atoms with Crippen molar-refractivity contribution in [2.45, 2.75) is 30.2 Å². The number of aliphatic hydroxyl groups is 1.